The first-order valence-electron chi connectivity index (χ1n) is 6.26. The molecule has 0 saturated carbocycles. The quantitative estimate of drug-likeness (QED) is 0.628. The van der Waals surface area contributed by atoms with Crippen molar-refractivity contribution in [3.05, 3.63) is 29.3 Å². The summed E-state index contributed by atoms with van der Waals surface area (Å²) in [6, 6.07) is 6.86. The second-order valence-corrected chi connectivity index (χ2v) is 5.47. The third-order valence-electron chi connectivity index (χ3n) is 3.25. The Balaban J connectivity index is 1.88. The topological polar surface area (TPSA) is 21.3 Å². The van der Waals surface area contributed by atoms with Crippen molar-refractivity contribution in [1.29, 1.82) is 0 Å². The van der Waals surface area contributed by atoms with E-state index in [1.807, 2.05) is 6.07 Å². The third-order valence-corrected chi connectivity index (χ3v) is 4.12. The average Bonchev–Trinajstić information content (AvgIpc) is 2.81. The van der Waals surface area contributed by atoms with Gasteiger partial charge in [0.2, 0.25) is 0 Å². The Kier molecular flexibility index (Phi) is 4.98. The summed E-state index contributed by atoms with van der Waals surface area (Å²) < 4.78 is 5.29. The minimum Gasteiger partial charge on any atom is -0.497 e. The van der Waals surface area contributed by atoms with Crippen molar-refractivity contribution < 1.29 is 4.74 Å². The molecule has 0 spiro atoms. The molecule has 18 heavy (non-hydrogen) atoms. The molecule has 0 bridgehead atoms. The Hall–Kier alpha value is -1.11. The van der Waals surface area contributed by atoms with E-state index in [9.17, 15) is 0 Å². The summed E-state index contributed by atoms with van der Waals surface area (Å²) in [5, 5.41) is 3.60. The molecule has 2 nitrogen and oxygen atoms in total. The zero-order valence-electron chi connectivity index (χ0n) is 10.7. The van der Waals surface area contributed by atoms with E-state index in [0.29, 0.717) is 6.04 Å². The van der Waals surface area contributed by atoms with Crippen LogP contribution < -0.4 is 10.1 Å². The van der Waals surface area contributed by atoms with E-state index in [1.165, 1.54) is 17.5 Å². The molecule has 0 amide bonds. The van der Waals surface area contributed by atoms with E-state index in [2.05, 4.69) is 23.4 Å². The first-order chi connectivity index (χ1) is 8.85. The summed E-state index contributed by atoms with van der Waals surface area (Å²) in [7, 11) is 1.72. The number of fused-ring (bicyclic) bond motifs is 1. The smallest absolute Gasteiger partial charge is 0.119 e. The molecule has 1 aliphatic carbocycles. The van der Waals surface area contributed by atoms with Crippen molar-refractivity contribution in [3.8, 4) is 18.1 Å². The van der Waals surface area contributed by atoms with Gasteiger partial charge in [-0.15, -0.1) is 18.2 Å². The van der Waals surface area contributed by atoms with Gasteiger partial charge in [-0.25, -0.2) is 0 Å². The van der Waals surface area contributed by atoms with Crippen molar-refractivity contribution in [2.24, 2.45) is 0 Å². The van der Waals surface area contributed by atoms with Crippen molar-refractivity contribution in [3.63, 3.8) is 0 Å². The molecule has 1 unspecified atom stereocenters. The number of benzene rings is 1. The number of nitrogens with one attached hydrogen (secondary N) is 1. The summed E-state index contributed by atoms with van der Waals surface area (Å²) in [6.07, 6.45) is 7.57. The Morgan fingerprint density at radius 1 is 1.56 bits per heavy atom. The maximum absolute atomic E-state index is 5.29. The van der Waals surface area contributed by atoms with Crippen LogP contribution in [0.4, 0.5) is 0 Å². The van der Waals surface area contributed by atoms with Crippen LogP contribution in [-0.2, 0) is 6.42 Å². The first kappa shape index (κ1) is 13.3. The second-order valence-electron chi connectivity index (χ2n) is 4.37. The van der Waals surface area contributed by atoms with E-state index in [-0.39, 0.29) is 0 Å². The largest absolute Gasteiger partial charge is 0.497 e. The number of ether oxygens (including phenoxy) is 1. The zero-order valence-corrected chi connectivity index (χ0v) is 11.6. The summed E-state index contributed by atoms with van der Waals surface area (Å²) in [6.45, 7) is 1.01. The number of aryl methyl sites for hydroxylation is 1. The molecule has 0 heterocycles. The van der Waals surface area contributed by atoms with E-state index >= 15 is 0 Å². The van der Waals surface area contributed by atoms with Gasteiger partial charge in [0.05, 0.1) is 12.9 Å². The lowest BCUT2D eigenvalue weighted by molar-refractivity contribution is 0.413. The van der Waals surface area contributed by atoms with Gasteiger partial charge < -0.3 is 10.1 Å². The first-order valence-corrected chi connectivity index (χ1v) is 7.42. The lowest BCUT2D eigenvalue weighted by atomic mass is 10.1. The highest BCUT2D eigenvalue weighted by Crippen LogP contribution is 2.33. The van der Waals surface area contributed by atoms with Crippen molar-refractivity contribution >= 4 is 11.8 Å². The van der Waals surface area contributed by atoms with E-state index in [0.717, 1.165) is 30.2 Å². The molecule has 0 saturated heterocycles. The molecular formula is C15H19NOS. The monoisotopic (exact) mass is 261 g/mol. The van der Waals surface area contributed by atoms with Gasteiger partial charge in [-0.05, 0) is 36.1 Å². The minimum atomic E-state index is 0.474. The fourth-order valence-corrected chi connectivity index (χ4v) is 2.88. The van der Waals surface area contributed by atoms with Gasteiger partial charge in [-0.1, -0.05) is 12.0 Å². The van der Waals surface area contributed by atoms with Crippen LogP contribution in [0, 0.1) is 12.3 Å². The molecule has 3 heteroatoms. The Labute approximate surface area is 113 Å². The Morgan fingerprint density at radius 2 is 2.44 bits per heavy atom. The summed E-state index contributed by atoms with van der Waals surface area (Å²) in [5.41, 5.74) is 2.85. The highest BCUT2D eigenvalue weighted by molar-refractivity contribution is 7.99. The van der Waals surface area contributed by atoms with Gasteiger partial charge in [-0.2, -0.15) is 0 Å². The molecule has 1 aromatic carbocycles. The van der Waals surface area contributed by atoms with Crippen LogP contribution in [0.25, 0.3) is 0 Å². The fraction of sp³-hybridized carbons (Fsp3) is 0.467. The molecular weight excluding hydrogens is 242 g/mol. The Bertz CT molecular complexity index is 439. The number of thioether (sulfide) groups is 1. The summed E-state index contributed by atoms with van der Waals surface area (Å²) in [5.74, 6) is 5.47. The normalized spacial score (nSPS) is 17.2. The van der Waals surface area contributed by atoms with E-state index in [4.69, 9.17) is 11.2 Å². The van der Waals surface area contributed by atoms with Gasteiger partial charge >= 0.3 is 0 Å². The fourth-order valence-electron chi connectivity index (χ4n) is 2.36. The van der Waals surface area contributed by atoms with Crippen LogP contribution in [0.1, 0.15) is 23.6 Å². The standard InChI is InChI=1S/C15H19NOS/c1-3-9-18-10-8-16-15-7-5-12-4-6-13(17-2)11-14(12)15/h1,4,6,11,15-16H,5,7-10H2,2H3. The second kappa shape index (κ2) is 6.72. The van der Waals surface area contributed by atoms with Gasteiger partial charge in [0.25, 0.3) is 0 Å². The van der Waals surface area contributed by atoms with Crippen LogP contribution >= 0.6 is 11.8 Å². The van der Waals surface area contributed by atoms with Crippen LogP contribution in [0.2, 0.25) is 0 Å². The molecule has 1 N–H and O–H groups in total. The van der Waals surface area contributed by atoms with Gasteiger partial charge in [0.1, 0.15) is 5.75 Å². The molecule has 1 aliphatic rings. The van der Waals surface area contributed by atoms with Crippen molar-refractivity contribution in [1.82, 2.24) is 5.32 Å². The molecule has 0 aliphatic heterocycles. The maximum Gasteiger partial charge on any atom is 0.119 e. The van der Waals surface area contributed by atoms with Crippen LogP contribution in [0.15, 0.2) is 18.2 Å². The number of rotatable bonds is 6. The maximum atomic E-state index is 5.29. The predicted molar refractivity (Wildman–Crippen MR) is 78.2 cm³/mol. The van der Waals surface area contributed by atoms with Gasteiger partial charge in [-0.3, -0.25) is 0 Å². The molecule has 96 valence electrons. The van der Waals surface area contributed by atoms with E-state index in [1.54, 1.807) is 18.9 Å². The van der Waals surface area contributed by atoms with Crippen molar-refractivity contribution in [2.45, 2.75) is 18.9 Å². The number of methoxy groups -OCH3 is 1. The average molecular weight is 261 g/mol. The van der Waals surface area contributed by atoms with Crippen LogP contribution in [0.5, 0.6) is 5.75 Å². The van der Waals surface area contributed by atoms with Crippen molar-refractivity contribution in [2.75, 3.05) is 25.2 Å². The molecule has 0 radical (unpaired) electrons. The summed E-state index contributed by atoms with van der Waals surface area (Å²) in [4.78, 5) is 0. The lowest BCUT2D eigenvalue weighted by Gasteiger charge is -2.14. The van der Waals surface area contributed by atoms with Crippen LogP contribution in [0.3, 0.4) is 0 Å². The molecule has 0 aromatic heterocycles. The zero-order chi connectivity index (χ0) is 12.8. The lowest BCUT2D eigenvalue weighted by Crippen LogP contribution is -2.22. The van der Waals surface area contributed by atoms with Crippen LogP contribution in [-0.4, -0.2) is 25.2 Å². The Morgan fingerprint density at radius 3 is 3.22 bits per heavy atom. The van der Waals surface area contributed by atoms with E-state index < -0.39 is 0 Å². The SMILES string of the molecule is C#CCSCCNC1CCc2ccc(OC)cc21. The highest BCUT2D eigenvalue weighted by Gasteiger charge is 2.22. The predicted octanol–water partition coefficient (Wildman–Crippen LogP) is 2.64. The molecule has 2 rings (SSSR count). The van der Waals surface area contributed by atoms with Gasteiger partial charge in [0.15, 0.2) is 0 Å². The number of terminal acetylenes is 1. The number of hydrogen-bond donors (Lipinski definition) is 1. The molecule has 0 fully saturated rings. The minimum absolute atomic E-state index is 0.474. The summed E-state index contributed by atoms with van der Waals surface area (Å²) >= 11 is 1.80. The van der Waals surface area contributed by atoms with Gasteiger partial charge in [0, 0.05) is 18.3 Å². The molecule has 1 aromatic rings. The molecule has 1 atom stereocenters. The number of hydrogen-bond acceptors (Lipinski definition) is 3. The highest BCUT2D eigenvalue weighted by atomic mass is 32.2. The third kappa shape index (κ3) is 3.22.